The highest BCUT2D eigenvalue weighted by Crippen LogP contribution is 2.57. The number of hydrogen-bond donors (Lipinski definition) is 1. The van der Waals surface area contributed by atoms with Crippen molar-refractivity contribution >= 4 is 11.6 Å². The molecule has 0 aromatic heterocycles. The summed E-state index contributed by atoms with van der Waals surface area (Å²) in [5.41, 5.74) is 3.06. The molecule has 2 saturated carbocycles. The van der Waals surface area contributed by atoms with Crippen LogP contribution in [0, 0.1) is 24.2 Å². The molecule has 0 radical (unpaired) electrons. The van der Waals surface area contributed by atoms with Gasteiger partial charge in [-0.25, -0.2) is 0 Å². The number of fused-ring (bicyclic) bond motifs is 2. The van der Waals surface area contributed by atoms with Crippen molar-refractivity contribution in [3.05, 3.63) is 34.3 Å². The molecule has 2 aliphatic rings. The Hall–Kier alpha value is -0.530. The van der Waals surface area contributed by atoms with Crippen LogP contribution < -0.4 is 5.32 Å². The summed E-state index contributed by atoms with van der Waals surface area (Å²) >= 11 is 6.49. The van der Waals surface area contributed by atoms with E-state index in [0.717, 1.165) is 36.4 Å². The molecular weight excluding hydrogens is 266 g/mol. The Kier molecular flexibility index (Phi) is 4.10. The maximum absolute atomic E-state index is 6.49. The molecule has 0 amide bonds. The summed E-state index contributed by atoms with van der Waals surface area (Å²) in [7, 11) is 0. The van der Waals surface area contributed by atoms with Gasteiger partial charge in [-0.2, -0.15) is 0 Å². The summed E-state index contributed by atoms with van der Waals surface area (Å²) in [6.07, 6.45) is 6.89. The van der Waals surface area contributed by atoms with Crippen LogP contribution in [0.3, 0.4) is 0 Å². The fourth-order valence-corrected chi connectivity index (χ4v) is 4.90. The van der Waals surface area contributed by atoms with Crippen molar-refractivity contribution in [2.24, 2.45) is 17.3 Å². The van der Waals surface area contributed by atoms with Gasteiger partial charge in [0.2, 0.25) is 0 Å². The number of benzene rings is 1. The van der Waals surface area contributed by atoms with Gasteiger partial charge >= 0.3 is 0 Å². The fourth-order valence-electron chi connectivity index (χ4n) is 4.60. The highest BCUT2D eigenvalue weighted by molar-refractivity contribution is 6.31. The molecule has 3 unspecified atom stereocenters. The zero-order valence-corrected chi connectivity index (χ0v) is 13.5. The van der Waals surface area contributed by atoms with Gasteiger partial charge in [-0.05, 0) is 73.6 Å². The fraction of sp³-hybridized carbons (Fsp3) is 0.667. The maximum atomic E-state index is 6.49. The Balaban J connectivity index is 1.83. The minimum atomic E-state index is 0.456. The molecule has 1 nitrogen and oxygen atoms in total. The Labute approximate surface area is 128 Å². The Morgan fingerprint density at radius 3 is 2.80 bits per heavy atom. The van der Waals surface area contributed by atoms with Gasteiger partial charge in [0.1, 0.15) is 0 Å². The van der Waals surface area contributed by atoms with Crippen molar-refractivity contribution in [1.82, 2.24) is 5.32 Å². The molecule has 2 aliphatic carbocycles. The van der Waals surface area contributed by atoms with Gasteiger partial charge in [0.15, 0.2) is 0 Å². The molecular formula is C18H26ClN. The van der Waals surface area contributed by atoms with Crippen LogP contribution in [0.15, 0.2) is 18.2 Å². The number of halogens is 1. The van der Waals surface area contributed by atoms with Crippen LogP contribution in [-0.4, -0.2) is 13.1 Å². The van der Waals surface area contributed by atoms with Gasteiger partial charge in [0.25, 0.3) is 0 Å². The minimum Gasteiger partial charge on any atom is -0.316 e. The zero-order chi connectivity index (χ0) is 14.2. The molecule has 2 fully saturated rings. The van der Waals surface area contributed by atoms with Crippen LogP contribution in [0.2, 0.25) is 5.02 Å². The predicted molar refractivity (Wildman–Crippen MR) is 86.3 cm³/mol. The van der Waals surface area contributed by atoms with E-state index < -0.39 is 0 Å². The number of nitrogens with one attached hydrogen (secondary N) is 1. The molecule has 20 heavy (non-hydrogen) atoms. The molecule has 110 valence electrons. The summed E-state index contributed by atoms with van der Waals surface area (Å²) < 4.78 is 0. The SMILES string of the molecule is CCNCC1(Cc2ccc(C)cc2Cl)CC2CCC1C2. The second-order valence-electron chi connectivity index (χ2n) is 6.99. The lowest BCUT2D eigenvalue weighted by atomic mass is 9.69. The monoisotopic (exact) mass is 291 g/mol. The summed E-state index contributed by atoms with van der Waals surface area (Å²) in [6.45, 7) is 6.55. The first-order valence-electron chi connectivity index (χ1n) is 8.09. The molecule has 1 aromatic carbocycles. The van der Waals surface area contributed by atoms with Crippen LogP contribution in [0.5, 0.6) is 0 Å². The highest BCUT2D eigenvalue weighted by Gasteiger charge is 2.50. The van der Waals surface area contributed by atoms with Crippen molar-refractivity contribution in [3.63, 3.8) is 0 Å². The molecule has 1 aromatic rings. The van der Waals surface area contributed by atoms with E-state index in [-0.39, 0.29) is 0 Å². The first kappa shape index (κ1) is 14.4. The summed E-state index contributed by atoms with van der Waals surface area (Å²) in [4.78, 5) is 0. The Morgan fingerprint density at radius 1 is 1.35 bits per heavy atom. The van der Waals surface area contributed by atoms with Gasteiger partial charge in [0, 0.05) is 11.6 Å². The molecule has 1 N–H and O–H groups in total. The highest BCUT2D eigenvalue weighted by atomic mass is 35.5. The van der Waals surface area contributed by atoms with Gasteiger partial charge in [-0.3, -0.25) is 0 Å². The standard InChI is InChI=1S/C18H26ClN/c1-3-20-12-18(10-14-5-7-16(18)9-14)11-15-6-4-13(2)8-17(15)19/h4,6,8,14,16,20H,3,5,7,9-12H2,1-2H3. The quantitative estimate of drug-likeness (QED) is 0.835. The zero-order valence-electron chi connectivity index (χ0n) is 12.7. The largest absolute Gasteiger partial charge is 0.316 e. The molecule has 2 bridgehead atoms. The summed E-state index contributed by atoms with van der Waals surface area (Å²) in [5.74, 6) is 1.88. The molecule has 0 saturated heterocycles. The first-order chi connectivity index (χ1) is 9.63. The van der Waals surface area contributed by atoms with Crippen molar-refractivity contribution in [2.45, 2.75) is 46.0 Å². The summed E-state index contributed by atoms with van der Waals surface area (Å²) in [6, 6.07) is 6.57. The number of rotatable bonds is 5. The van der Waals surface area contributed by atoms with E-state index in [1.54, 1.807) is 0 Å². The van der Waals surface area contributed by atoms with E-state index in [0.29, 0.717) is 5.41 Å². The molecule has 0 heterocycles. The van der Waals surface area contributed by atoms with Gasteiger partial charge in [-0.1, -0.05) is 37.1 Å². The third-order valence-electron chi connectivity index (χ3n) is 5.58. The lowest BCUT2D eigenvalue weighted by Crippen LogP contribution is -2.40. The average molecular weight is 292 g/mol. The van der Waals surface area contributed by atoms with E-state index in [4.69, 9.17) is 11.6 Å². The van der Waals surface area contributed by atoms with Crippen LogP contribution in [0.1, 0.15) is 43.7 Å². The molecule has 0 spiro atoms. The predicted octanol–water partition coefficient (Wildman–Crippen LogP) is 4.61. The van der Waals surface area contributed by atoms with E-state index in [1.165, 1.54) is 36.8 Å². The molecule has 0 aliphatic heterocycles. The second kappa shape index (κ2) is 5.69. The van der Waals surface area contributed by atoms with Crippen molar-refractivity contribution in [1.29, 1.82) is 0 Å². The lowest BCUT2D eigenvalue weighted by molar-refractivity contribution is 0.157. The number of aryl methyl sites for hydroxylation is 1. The van der Waals surface area contributed by atoms with Crippen molar-refractivity contribution in [2.75, 3.05) is 13.1 Å². The van der Waals surface area contributed by atoms with Crippen LogP contribution in [-0.2, 0) is 6.42 Å². The number of hydrogen-bond acceptors (Lipinski definition) is 1. The van der Waals surface area contributed by atoms with E-state index in [9.17, 15) is 0 Å². The molecule has 2 heteroatoms. The normalized spacial score (nSPS) is 31.9. The average Bonchev–Trinajstić information content (AvgIpc) is 3.01. The van der Waals surface area contributed by atoms with Gasteiger partial charge in [0.05, 0.1) is 0 Å². The van der Waals surface area contributed by atoms with Crippen molar-refractivity contribution in [3.8, 4) is 0 Å². The van der Waals surface area contributed by atoms with Crippen molar-refractivity contribution < 1.29 is 0 Å². The Bertz CT molecular complexity index is 484. The van der Waals surface area contributed by atoms with Gasteiger partial charge < -0.3 is 5.32 Å². The van der Waals surface area contributed by atoms with E-state index in [2.05, 4.69) is 37.4 Å². The van der Waals surface area contributed by atoms with Crippen LogP contribution in [0.4, 0.5) is 0 Å². The van der Waals surface area contributed by atoms with Crippen LogP contribution in [0.25, 0.3) is 0 Å². The Morgan fingerprint density at radius 2 is 2.20 bits per heavy atom. The third kappa shape index (κ3) is 2.63. The van der Waals surface area contributed by atoms with E-state index in [1.807, 2.05) is 0 Å². The first-order valence-corrected chi connectivity index (χ1v) is 8.46. The minimum absolute atomic E-state index is 0.456. The third-order valence-corrected chi connectivity index (χ3v) is 5.93. The van der Waals surface area contributed by atoms with Gasteiger partial charge in [-0.15, -0.1) is 0 Å². The van der Waals surface area contributed by atoms with Crippen LogP contribution >= 0.6 is 11.6 Å². The maximum Gasteiger partial charge on any atom is 0.0440 e. The summed E-state index contributed by atoms with van der Waals surface area (Å²) in [5, 5.41) is 4.59. The molecule has 3 rings (SSSR count). The van der Waals surface area contributed by atoms with E-state index >= 15 is 0 Å². The topological polar surface area (TPSA) is 12.0 Å². The molecule has 3 atom stereocenters. The second-order valence-corrected chi connectivity index (χ2v) is 7.40. The smallest absolute Gasteiger partial charge is 0.0440 e. The lowest BCUT2D eigenvalue weighted by Gasteiger charge is -2.38.